The molecule has 0 radical (unpaired) electrons. The summed E-state index contributed by atoms with van der Waals surface area (Å²) in [6.07, 6.45) is 5.59. The summed E-state index contributed by atoms with van der Waals surface area (Å²) in [7, 11) is 0. The fourth-order valence-electron chi connectivity index (χ4n) is 2.52. The molecule has 2 unspecified atom stereocenters. The first-order valence-corrected chi connectivity index (χ1v) is 8.32. The van der Waals surface area contributed by atoms with E-state index in [1.54, 1.807) is 16.8 Å². The number of rotatable bonds is 6. The lowest BCUT2D eigenvalue weighted by atomic mass is 9.82. The van der Waals surface area contributed by atoms with Crippen molar-refractivity contribution in [3.8, 4) is 0 Å². The molecule has 4 nitrogen and oxygen atoms in total. The van der Waals surface area contributed by atoms with E-state index in [1.807, 2.05) is 11.8 Å². The van der Waals surface area contributed by atoms with Gasteiger partial charge in [0.05, 0.1) is 6.61 Å². The van der Waals surface area contributed by atoms with E-state index in [1.165, 1.54) is 12.8 Å². The van der Waals surface area contributed by atoms with Gasteiger partial charge in [-0.25, -0.2) is 0 Å². The number of aromatic nitrogens is 2. The summed E-state index contributed by atoms with van der Waals surface area (Å²) in [6, 6.07) is 0. The van der Waals surface area contributed by atoms with Crippen LogP contribution in [0.15, 0.2) is 9.85 Å². The van der Waals surface area contributed by atoms with Crippen LogP contribution in [0.4, 0.5) is 0 Å². The predicted molar refractivity (Wildman–Crippen MR) is 76.1 cm³/mol. The summed E-state index contributed by atoms with van der Waals surface area (Å²) < 4.78 is 1.05. The maximum Gasteiger partial charge on any atom is 0.174 e. The minimum atomic E-state index is -0.0728. The van der Waals surface area contributed by atoms with E-state index in [0.717, 1.165) is 30.1 Å². The van der Waals surface area contributed by atoms with Crippen LogP contribution in [0.3, 0.4) is 0 Å². The molecule has 0 aliphatic heterocycles. The van der Waals surface area contributed by atoms with Crippen LogP contribution in [0, 0.1) is 0 Å². The Morgan fingerprint density at radius 1 is 1.67 bits per heavy atom. The molecule has 1 aromatic rings. The summed E-state index contributed by atoms with van der Waals surface area (Å²) in [5.41, 5.74) is 1.70. The predicted octanol–water partition coefficient (Wildman–Crippen LogP) is 2.30. The van der Waals surface area contributed by atoms with Gasteiger partial charge < -0.3 is 10.4 Å². The van der Waals surface area contributed by atoms with Crippen molar-refractivity contribution in [3.05, 3.63) is 5.51 Å². The molecule has 1 heterocycles. The van der Waals surface area contributed by atoms with Gasteiger partial charge in [0.1, 0.15) is 5.51 Å². The van der Waals surface area contributed by atoms with E-state index >= 15 is 0 Å². The highest BCUT2D eigenvalue weighted by Gasteiger charge is 2.35. The quantitative estimate of drug-likeness (QED) is 0.841. The van der Waals surface area contributed by atoms with Crippen molar-refractivity contribution in [3.63, 3.8) is 0 Å². The van der Waals surface area contributed by atoms with Gasteiger partial charge in [0.2, 0.25) is 0 Å². The van der Waals surface area contributed by atoms with Crippen molar-refractivity contribution in [2.24, 2.45) is 0 Å². The lowest BCUT2D eigenvalue weighted by molar-refractivity contribution is 0.124. The zero-order valence-corrected chi connectivity index (χ0v) is 12.4. The Kier molecular flexibility index (Phi) is 5.41. The summed E-state index contributed by atoms with van der Waals surface area (Å²) in [5.74, 6) is 0. The Bertz CT molecular complexity index is 347. The molecule has 1 saturated carbocycles. The zero-order chi connectivity index (χ0) is 12.8. The van der Waals surface area contributed by atoms with Gasteiger partial charge in [0, 0.05) is 10.8 Å². The second-order valence-electron chi connectivity index (χ2n) is 4.91. The molecular formula is C12H21N3OS2. The Labute approximate surface area is 117 Å². The molecule has 0 spiro atoms. The van der Waals surface area contributed by atoms with Crippen molar-refractivity contribution < 1.29 is 5.11 Å². The van der Waals surface area contributed by atoms with E-state index in [2.05, 4.69) is 22.4 Å². The second kappa shape index (κ2) is 6.84. The van der Waals surface area contributed by atoms with Crippen molar-refractivity contribution in [1.29, 1.82) is 0 Å². The number of hydrogen-bond acceptors (Lipinski definition) is 6. The first-order valence-electron chi connectivity index (χ1n) is 6.57. The molecule has 6 heteroatoms. The number of nitrogens with zero attached hydrogens (tertiary/aromatic N) is 2. The Hall–Kier alpha value is -0.170. The summed E-state index contributed by atoms with van der Waals surface area (Å²) in [4.78, 5) is 0. The molecule has 102 valence electrons. The lowest BCUT2D eigenvalue weighted by Crippen LogP contribution is -2.52. The van der Waals surface area contributed by atoms with E-state index in [0.29, 0.717) is 5.25 Å². The average Bonchev–Trinajstić information content (AvgIpc) is 2.90. The molecule has 0 bridgehead atoms. The van der Waals surface area contributed by atoms with Gasteiger partial charge >= 0.3 is 0 Å². The van der Waals surface area contributed by atoms with Crippen molar-refractivity contribution in [2.45, 2.75) is 54.2 Å². The first kappa shape index (κ1) is 14.2. The molecule has 1 aliphatic carbocycles. The minimum absolute atomic E-state index is 0.0728. The number of aliphatic hydroxyl groups excluding tert-OH is 1. The number of nitrogens with one attached hydrogen (secondary N) is 1. The van der Waals surface area contributed by atoms with Gasteiger partial charge in [-0.15, -0.1) is 10.2 Å². The minimum Gasteiger partial charge on any atom is -0.394 e. The van der Waals surface area contributed by atoms with Crippen LogP contribution in [0.1, 0.15) is 39.0 Å². The average molecular weight is 287 g/mol. The van der Waals surface area contributed by atoms with Crippen LogP contribution in [0.2, 0.25) is 0 Å². The van der Waals surface area contributed by atoms with Crippen LogP contribution < -0.4 is 5.32 Å². The molecule has 1 fully saturated rings. The highest BCUT2D eigenvalue weighted by molar-refractivity contribution is 8.01. The Morgan fingerprint density at radius 3 is 3.22 bits per heavy atom. The fraction of sp³-hybridized carbons (Fsp3) is 0.833. The highest BCUT2D eigenvalue weighted by atomic mass is 32.2. The maximum absolute atomic E-state index is 9.71. The van der Waals surface area contributed by atoms with Crippen LogP contribution in [0.25, 0.3) is 0 Å². The third kappa shape index (κ3) is 3.66. The maximum atomic E-state index is 9.71. The Morgan fingerprint density at radius 2 is 2.56 bits per heavy atom. The van der Waals surface area contributed by atoms with Crippen molar-refractivity contribution >= 4 is 23.1 Å². The SMILES string of the molecule is CCCNC1(CO)CCCC(Sc2nncs2)C1. The number of thioether (sulfide) groups is 1. The monoisotopic (exact) mass is 287 g/mol. The smallest absolute Gasteiger partial charge is 0.174 e. The van der Waals surface area contributed by atoms with Gasteiger partial charge in [0.15, 0.2) is 4.34 Å². The molecule has 0 aromatic carbocycles. The summed E-state index contributed by atoms with van der Waals surface area (Å²) >= 11 is 3.42. The van der Waals surface area contributed by atoms with Crippen LogP contribution >= 0.6 is 23.1 Å². The van der Waals surface area contributed by atoms with E-state index in [9.17, 15) is 5.11 Å². The zero-order valence-electron chi connectivity index (χ0n) is 10.8. The van der Waals surface area contributed by atoms with Gasteiger partial charge in [-0.05, 0) is 32.2 Å². The Balaban J connectivity index is 1.93. The number of aliphatic hydroxyl groups is 1. The molecular weight excluding hydrogens is 266 g/mol. The molecule has 18 heavy (non-hydrogen) atoms. The molecule has 1 aliphatic rings. The second-order valence-corrected chi connectivity index (χ2v) is 7.29. The molecule has 2 N–H and O–H groups in total. The van der Waals surface area contributed by atoms with Gasteiger partial charge in [-0.2, -0.15) is 0 Å². The summed E-state index contributed by atoms with van der Waals surface area (Å²) in [5, 5.41) is 21.8. The third-order valence-corrected chi connectivity index (χ3v) is 5.54. The molecule has 0 amide bonds. The van der Waals surface area contributed by atoms with Crippen LogP contribution in [0.5, 0.6) is 0 Å². The van der Waals surface area contributed by atoms with Gasteiger partial charge in [-0.3, -0.25) is 0 Å². The largest absolute Gasteiger partial charge is 0.394 e. The van der Waals surface area contributed by atoms with E-state index in [-0.39, 0.29) is 12.1 Å². The topological polar surface area (TPSA) is 58.0 Å². The van der Waals surface area contributed by atoms with Crippen molar-refractivity contribution in [2.75, 3.05) is 13.2 Å². The van der Waals surface area contributed by atoms with Crippen LogP contribution in [-0.2, 0) is 0 Å². The van der Waals surface area contributed by atoms with Crippen molar-refractivity contribution in [1.82, 2.24) is 15.5 Å². The third-order valence-electron chi connectivity index (χ3n) is 3.46. The normalized spacial score (nSPS) is 28.4. The van der Waals surface area contributed by atoms with E-state index in [4.69, 9.17) is 0 Å². The van der Waals surface area contributed by atoms with Gasteiger partial charge in [-0.1, -0.05) is 36.4 Å². The summed E-state index contributed by atoms with van der Waals surface area (Å²) in [6.45, 7) is 3.38. The van der Waals surface area contributed by atoms with E-state index < -0.39 is 0 Å². The first-order chi connectivity index (χ1) is 8.78. The van der Waals surface area contributed by atoms with Crippen LogP contribution in [-0.4, -0.2) is 39.2 Å². The molecule has 1 aromatic heterocycles. The molecule has 2 rings (SSSR count). The molecule has 0 saturated heterocycles. The molecule has 2 atom stereocenters. The van der Waals surface area contributed by atoms with Gasteiger partial charge in [0.25, 0.3) is 0 Å². The highest BCUT2D eigenvalue weighted by Crippen LogP contribution is 2.38. The lowest BCUT2D eigenvalue weighted by Gasteiger charge is -2.40. The fourth-order valence-corrected chi connectivity index (χ4v) is 4.62. The standard InChI is InChI=1S/C12H21N3OS2/c1-2-6-13-12(8-16)5-3-4-10(7-12)18-11-15-14-9-17-11/h9-10,13,16H,2-8H2,1H3. The number of hydrogen-bond donors (Lipinski definition) is 2.